The van der Waals surface area contributed by atoms with Gasteiger partial charge in [0.2, 0.25) is 5.91 Å². The maximum atomic E-state index is 13.6. The van der Waals surface area contributed by atoms with Gasteiger partial charge in [-0.3, -0.25) is 14.6 Å². The molecule has 2 heterocycles. The number of carbonyl (C=O) groups is 1. The predicted molar refractivity (Wildman–Crippen MR) is 96.1 cm³/mol. The molecule has 1 atom stereocenters. The maximum absolute atomic E-state index is 13.6. The molecule has 0 fully saturated rings. The van der Waals surface area contributed by atoms with E-state index < -0.39 is 11.9 Å². The zero-order valence-electron chi connectivity index (χ0n) is 14.2. The third-order valence-electron chi connectivity index (χ3n) is 3.94. The molecule has 1 N–H and O–H groups in total. The van der Waals surface area contributed by atoms with Gasteiger partial charge in [-0.15, -0.1) is 0 Å². The molecule has 0 aliphatic rings. The van der Waals surface area contributed by atoms with Crippen LogP contribution in [-0.2, 0) is 11.3 Å². The molecule has 0 aliphatic carbocycles. The van der Waals surface area contributed by atoms with Gasteiger partial charge < -0.3 is 9.88 Å². The Morgan fingerprint density at radius 3 is 2.73 bits per heavy atom. The molecule has 132 valence electrons. The van der Waals surface area contributed by atoms with Crippen LogP contribution in [0.5, 0.6) is 0 Å². The first kappa shape index (κ1) is 17.5. The zero-order valence-corrected chi connectivity index (χ0v) is 14.2. The van der Waals surface area contributed by atoms with E-state index in [1.807, 2.05) is 6.92 Å². The second-order valence-corrected chi connectivity index (χ2v) is 5.98. The van der Waals surface area contributed by atoms with Crippen molar-refractivity contribution in [3.8, 4) is 0 Å². The van der Waals surface area contributed by atoms with Crippen LogP contribution in [0.3, 0.4) is 0 Å². The number of benzene rings is 1. The molecule has 0 saturated heterocycles. The lowest BCUT2D eigenvalue weighted by Crippen LogP contribution is -2.35. The Bertz CT molecular complexity index is 970. The van der Waals surface area contributed by atoms with Crippen molar-refractivity contribution in [2.75, 3.05) is 0 Å². The van der Waals surface area contributed by atoms with Crippen LogP contribution in [0.1, 0.15) is 22.9 Å². The van der Waals surface area contributed by atoms with Crippen molar-refractivity contribution < 1.29 is 9.18 Å². The van der Waals surface area contributed by atoms with Gasteiger partial charge in [0.15, 0.2) is 0 Å². The summed E-state index contributed by atoms with van der Waals surface area (Å²) < 4.78 is 15.0. The predicted octanol–water partition coefficient (Wildman–Crippen LogP) is 2.60. The second-order valence-electron chi connectivity index (χ2n) is 5.98. The average Bonchev–Trinajstić information content (AvgIpc) is 2.63. The average molecular weight is 351 g/mol. The first-order chi connectivity index (χ1) is 12.5. The number of hydrogen-bond donors (Lipinski definition) is 1. The summed E-state index contributed by atoms with van der Waals surface area (Å²) >= 11 is 0. The Morgan fingerprint density at radius 1 is 1.19 bits per heavy atom. The van der Waals surface area contributed by atoms with E-state index in [0.29, 0.717) is 11.3 Å². The first-order valence-electron chi connectivity index (χ1n) is 8.16. The number of nitrogens with zero attached hydrogens (tertiary/aromatic N) is 2. The van der Waals surface area contributed by atoms with Crippen molar-refractivity contribution in [3.05, 3.63) is 100.0 Å². The van der Waals surface area contributed by atoms with Crippen molar-refractivity contribution in [2.45, 2.75) is 19.5 Å². The summed E-state index contributed by atoms with van der Waals surface area (Å²) in [6.07, 6.45) is 3.19. The number of aryl methyl sites for hydroxylation is 1. The fraction of sp³-hybridized carbons (Fsp3) is 0.150. The molecule has 0 radical (unpaired) electrons. The molecule has 6 heteroatoms. The molecule has 0 spiro atoms. The van der Waals surface area contributed by atoms with Crippen molar-refractivity contribution in [3.63, 3.8) is 0 Å². The highest BCUT2D eigenvalue weighted by Crippen LogP contribution is 2.21. The van der Waals surface area contributed by atoms with Crippen LogP contribution < -0.4 is 10.9 Å². The van der Waals surface area contributed by atoms with Crippen molar-refractivity contribution in [1.82, 2.24) is 14.9 Å². The molecule has 3 aromatic rings. The highest BCUT2D eigenvalue weighted by Gasteiger charge is 2.19. The summed E-state index contributed by atoms with van der Waals surface area (Å²) in [6.45, 7) is 1.69. The van der Waals surface area contributed by atoms with Crippen LogP contribution >= 0.6 is 0 Å². The molecular weight excluding hydrogens is 333 g/mol. The minimum absolute atomic E-state index is 0.127. The maximum Gasteiger partial charge on any atom is 0.251 e. The smallest absolute Gasteiger partial charge is 0.251 e. The van der Waals surface area contributed by atoms with Crippen molar-refractivity contribution in [2.24, 2.45) is 0 Å². The summed E-state index contributed by atoms with van der Waals surface area (Å²) in [5.41, 5.74) is 1.74. The van der Waals surface area contributed by atoms with E-state index in [1.165, 1.54) is 22.8 Å². The van der Waals surface area contributed by atoms with E-state index in [-0.39, 0.29) is 18.0 Å². The largest absolute Gasteiger partial charge is 0.342 e. The zero-order chi connectivity index (χ0) is 18.5. The molecule has 2 aromatic heterocycles. The molecule has 0 aliphatic heterocycles. The second kappa shape index (κ2) is 7.74. The Hall–Kier alpha value is -3.28. The van der Waals surface area contributed by atoms with E-state index in [4.69, 9.17) is 0 Å². The van der Waals surface area contributed by atoms with E-state index in [2.05, 4.69) is 10.3 Å². The molecule has 0 bridgehead atoms. The number of aromatic nitrogens is 2. The van der Waals surface area contributed by atoms with Gasteiger partial charge in [0.1, 0.15) is 12.4 Å². The van der Waals surface area contributed by atoms with Crippen LogP contribution in [0.2, 0.25) is 0 Å². The minimum atomic E-state index is -0.611. The Kier molecular flexibility index (Phi) is 5.22. The van der Waals surface area contributed by atoms with Crippen LogP contribution in [0, 0.1) is 12.7 Å². The van der Waals surface area contributed by atoms with Crippen LogP contribution in [0.4, 0.5) is 4.39 Å². The van der Waals surface area contributed by atoms with E-state index >= 15 is 0 Å². The number of carbonyl (C=O) groups excluding carboxylic acids is 1. The molecule has 1 aromatic carbocycles. The van der Waals surface area contributed by atoms with Gasteiger partial charge in [0.25, 0.3) is 5.56 Å². The topological polar surface area (TPSA) is 64.0 Å². The Balaban J connectivity index is 1.86. The van der Waals surface area contributed by atoms with Crippen LogP contribution in [-0.4, -0.2) is 15.5 Å². The number of pyridine rings is 2. The number of amides is 1. The van der Waals surface area contributed by atoms with Gasteiger partial charge in [0, 0.05) is 18.5 Å². The normalized spacial score (nSPS) is 11.8. The standard InChI is InChI=1S/C20H18FN3O2/c1-14-8-10-24(19(26)11-14)13-18(25)23-20(17-7-2-3-9-22-17)15-5-4-6-16(21)12-15/h2-12,20H,13H2,1H3,(H,23,25). The molecule has 1 amide bonds. The quantitative estimate of drug-likeness (QED) is 0.768. The van der Waals surface area contributed by atoms with E-state index in [1.54, 1.807) is 48.8 Å². The van der Waals surface area contributed by atoms with Crippen molar-refractivity contribution >= 4 is 5.91 Å². The van der Waals surface area contributed by atoms with Gasteiger partial charge >= 0.3 is 0 Å². The summed E-state index contributed by atoms with van der Waals surface area (Å²) in [6, 6.07) is 13.9. The van der Waals surface area contributed by atoms with Crippen LogP contribution in [0.15, 0.2) is 71.8 Å². The summed E-state index contributed by atoms with van der Waals surface area (Å²) in [7, 11) is 0. The molecule has 26 heavy (non-hydrogen) atoms. The fourth-order valence-corrected chi connectivity index (χ4v) is 2.66. The number of rotatable bonds is 5. The first-order valence-corrected chi connectivity index (χ1v) is 8.16. The lowest BCUT2D eigenvalue weighted by Gasteiger charge is -2.19. The van der Waals surface area contributed by atoms with Crippen LogP contribution in [0.25, 0.3) is 0 Å². The summed E-state index contributed by atoms with van der Waals surface area (Å²) in [5.74, 6) is -0.761. The SMILES string of the molecule is Cc1ccn(CC(=O)NC(c2cccc(F)c2)c2ccccn2)c(=O)c1. The Labute approximate surface area is 150 Å². The molecule has 1 unspecified atom stereocenters. The molecule has 0 saturated carbocycles. The molecule has 3 rings (SSSR count). The van der Waals surface area contributed by atoms with E-state index in [9.17, 15) is 14.0 Å². The van der Waals surface area contributed by atoms with Gasteiger partial charge in [0.05, 0.1) is 11.7 Å². The monoisotopic (exact) mass is 351 g/mol. The van der Waals surface area contributed by atoms with Gasteiger partial charge in [-0.1, -0.05) is 18.2 Å². The summed E-state index contributed by atoms with van der Waals surface area (Å²) in [5, 5.41) is 2.84. The Morgan fingerprint density at radius 2 is 2.04 bits per heavy atom. The van der Waals surface area contributed by atoms with Crippen molar-refractivity contribution in [1.29, 1.82) is 0 Å². The van der Waals surface area contributed by atoms with E-state index in [0.717, 1.165) is 5.56 Å². The third-order valence-corrected chi connectivity index (χ3v) is 3.94. The number of nitrogens with one attached hydrogen (secondary N) is 1. The number of halogens is 1. The lowest BCUT2D eigenvalue weighted by atomic mass is 10.0. The highest BCUT2D eigenvalue weighted by molar-refractivity contribution is 5.76. The minimum Gasteiger partial charge on any atom is -0.342 e. The third kappa shape index (κ3) is 4.22. The molecular formula is C20H18FN3O2. The molecule has 5 nitrogen and oxygen atoms in total. The number of hydrogen-bond acceptors (Lipinski definition) is 3. The summed E-state index contributed by atoms with van der Waals surface area (Å²) in [4.78, 5) is 28.7. The van der Waals surface area contributed by atoms with Gasteiger partial charge in [-0.25, -0.2) is 4.39 Å². The highest BCUT2D eigenvalue weighted by atomic mass is 19.1. The van der Waals surface area contributed by atoms with Gasteiger partial charge in [-0.05, 0) is 48.4 Å². The fourth-order valence-electron chi connectivity index (χ4n) is 2.66. The lowest BCUT2D eigenvalue weighted by molar-refractivity contribution is -0.122. The van der Waals surface area contributed by atoms with Gasteiger partial charge in [-0.2, -0.15) is 0 Å².